The number of nitrogens with two attached hydrogens (primary N) is 1. The number of H-pyrrole nitrogens is 1. The molecule has 2 aliphatic rings. The molecule has 4 heterocycles. The number of aliphatic carboxylic acids is 2. The van der Waals surface area contributed by atoms with Crippen LogP contribution < -0.4 is 11.3 Å². The quantitative estimate of drug-likeness (QED) is 0.103. The van der Waals surface area contributed by atoms with Gasteiger partial charge in [-0.3, -0.25) is 52.4 Å². The van der Waals surface area contributed by atoms with E-state index < -0.39 is 92.7 Å². The molecule has 1 amide bonds. The summed E-state index contributed by atoms with van der Waals surface area (Å²) in [4.78, 5) is 68.5. The molecular weight excluding hydrogens is 617 g/mol. The number of anilines is 1. The molecule has 0 spiro atoms. The van der Waals surface area contributed by atoms with Gasteiger partial charge in [-0.1, -0.05) is 0 Å². The number of carbonyl (C=O) groups excluding carboxylic acids is 1. The van der Waals surface area contributed by atoms with Gasteiger partial charge in [0.15, 0.2) is 17.4 Å². The predicted octanol–water partition coefficient (Wildman–Crippen LogP) is -0.780. The van der Waals surface area contributed by atoms with Crippen molar-refractivity contribution in [3.05, 3.63) is 56.1 Å². The predicted molar refractivity (Wildman–Crippen MR) is 140 cm³/mol. The molecule has 44 heavy (non-hydrogen) atoms. The van der Waals surface area contributed by atoms with E-state index in [2.05, 4.69) is 15.0 Å². The van der Waals surface area contributed by atoms with Gasteiger partial charge in [-0.05, 0) is 12.1 Å². The van der Waals surface area contributed by atoms with Crippen molar-refractivity contribution in [2.45, 2.75) is 31.1 Å². The minimum absolute atomic E-state index is 0.00224. The fourth-order valence-electron chi connectivity index (χ4n) is 4.60. The van der Waals surface area contributed by atoms with Crippen LogP contribution in [-0.2, 0) is 39.1 Å². The number of nitro benzene ring substituents is 1. The molecule has 0 unspecified atom stereocenters. The van der Waals surface area contributed by atoms with Gasteiger partial charge in [-0.25, -0.2) is 9.55 Å². The van der Waals surface area contributed by atoms with Crippen molar-refractivity contribution in [3.63, 3.8) is 0 Å². The van der Waals surface area contributed by atoms with Gasteiger partial charge in [-0.15, -0.1) is 0 Å². The number of fused-ring (bicyclic) bond motifs is 2. The lowest BCUT2D eigenvalue weighted by Crippen LogP contribution is -2.39. The molecule has 0 radical (unpaired) electrons. The number of aliphatic hydroxyl groups is 1. The number of nitrogens with zero attached hydrogens (tertiary/aromatic N) is 5. The molecule has 0 aliphatic carbocycles. The molecule has 3 aromatic rings. The molecule has 5 rings (SSSR count). The zero-order valence-electron chi connectivity index (χ0n) is 22.0. The third kappa shape index (κ3) is 6.00. The number of hydrogen-bond donors (Lipinski definition) is 5. The number of nitrogen functional groups attached to an aromatic ring is 1. The van der Waals surface area contributed by atoms with Crippen molar-refractivity contribution in [1.82, 2.24) is 24.4 Å². The highest BCUT2D eigenvalue weighted by Gasteiger charge is 2.53. The van der Waals surface area contributed by atoms with E-state index in [-0.39, 0.29) is 28.2 Å². The zero-order valence-corrected chi connectivity index (χ0v) is 22.9. The van der Waals surface area contributed by atoms with E-state index in [1.165, 1.54) is 10.9 Å². The smallest absolute Gasteiger partial charge is 0.475 e. The molecule has 2 aliphatic heterocycles. The van der Waals surface area contributed by atoms with Crippen LogP contribution in [0.1, 0.15) is 22.1 Å². The normalized spacial score (nSPS) is 24.6. The van der Waals surface area contributed by atoms with Gasteiger partial charge in [0.2, 0.25) is 5.95 Å². The van der Waals surface area contributed by atoms with Gasteiger partial charge in [-0.2, -0.15) is 4.98 Å². The van der Waals surface area contributed by atoms with Crippen LogP contribution in [0, 0.1) is 10.1 Å². The Balaban J connectivity index is 1.31. The Morgan fingerprint density at radius 3 is 2.64 bits per heavy atom. The number of hydrogen-bond acceptors (Lipinski definition) is 15. The summed E-state index contributed by atoms with van der Waals surface area (Å²) in [6, 6.07) is 2.92. The molecule has 6 N–H and O–H groups in total. The minimum Gasteiger partial charge on any atom is -0.480 e. The number of carboxylic acids is 2. The van der Waals surface area contributed by atoms with Gasteiger partial charge >= 0.3 is 19.8 Å². The number of aromatic amines is 1. The Morgan fingerprint density at radius 2 is 1.98 bits per heavy atom. The van der Waals surface area contributed by atoms with E-state index in [1.54, 1.807) is 0 Å². The summed E-state index contributed by atoms with van der Waals surface area (Å²) in [5.74, 6) is -4.31. The Labute approximate surface area is 243 Å². The fourth-order valence-corrected chi connectivity index (χ4v) is 5.98. The van der Waals surface area contributed by atoms with Crippen molar-refractivity contribution < 1.29 is 57.5 Å². The number of phosphoric acid groups is 1. The first-order chi connectivity index (χ1) is 20.8. The monoisotopic (exact) mass is 639 g/mol. The number of carboxylic acid groups (broad SMARTS) is 2. The number of aromatic nitrogens is 4. The topological polar surface area (TPSA) is 302 Å². The standard InChI is InChI=1S/C22H22N7O14P/c23-22-25-18-15(19(35)26-22)24-8-28(18)21-16(34)17-12(42-21)7-41-44(39,43-17)40-6-10-2-1-9(3-11(10)29(37)38)20(36)27(4-13(30)31)5-14(32)33/h1-3,8,12,16-17,21,34H,4-7H2,(H,30,31)(H,32,33)(H3,23,25,26,35)/t12-,16-,17-,21-,44+/m1/s1. The third-order valence-electron chi connectivity index (χ3n) is 6.53. The van der Waals surface area contributed by atoms with Gasteiger partial charge in [0.05, 0.1) is 30.0 Å². The van der Waals surface area contributed by atoms with E-state index >= 15 is 0 Å². The highest BCUT2D eigenvalue weighted by atomic mass is 31.2. The number of rotatable bonds is 10. The number of imidazole rings is 1. The lowest BCUT2D eigenvalue weighted by molar-refractivity contribution is -0.385. The minimum atomic E-state index is -4.47. The largest absolute Gasteiger partial charge is 0.480 e. The van der Waals surface area contributed by atoms with E-state index in [0.29, 0.717) is 4.90 Å². The first kappa shape index (κ1) is 30.7. The van der Waals surface area contributed by atoms with Crippen molar-refractivity contribution in [1.29, 1.82) is 0 Å². The lowest BCUT2D eigenvalue weighted by atomic mass is 10.1. The summed E-state index contributed by atoms with van der Waals surface area (Å²) < 4.78 is 36.2. The van der Waals surface area contributed by atoms with E-state index in [1.807, 2.05) is 0 Å². The molecule has 2 saturated heterocycles. The number of aliphatic hydroxyl groups excluding tert-OH is 1. The Kier molecular flexibility index (Phi) is 8.16. The highest BCUT2D eigenvalue weighted by Crippen LogP contribution is 2.57. The number of benzene rings is 1. The van der Waals surface area contributed by atoms with Crippen molar-refractivity contribution in [3.8, 4) is 0 Å². The van der Waals surface area contributed by atoms with Crippen molar-refractivity contribution in [2.75, 3.05) is 25.4 Å². The number of nitrogens with one attached hydrogen (secondary N) is 1. The van der Waals surface area contributed by atoms with Crippen LogP contribution in [-0.4, -0.2) is 101 Å². The molecule has 234 valence electrons. The molecule has 2 fully saturated rings. The fraction of sp³-hybridized carbons (Fsp3) is 0.364. The second kappa shape index (κ2) is 11.7. The van der Waals surface area contributed by atoms with Crippen LogP contribution in [0.5, 0.6) is 0 Å². The summed E-state index contributed by atoms with van der Waals surface area (Å²) in [6.45, 7) is -3.07. The highest BCUT2D eigenvalue weighted by molar-refractivity contribution is 7.48. The van der Waals surface area contributed by atoms with E-state index in [9.17, 15) is 39.0 Å². The van der Waals surface area contributed by atoms with Crippen molar-refractivity contribution in [2.24, 2.45) is 0 Å². The SMILES string of the molecule is Nc1nc2c(ncn2[C@@H]2O[C@@H]3CO[P@](=O)(OCc4ccc(C(=O)N(CC(=O)O)CC(=O)O)cc4[N+](=O)[O-])O[C@H]3[C@H]2O)c(=O)[nH]1. The molecule has 1 aromatic carbocycles. The van der Waals surface area contributed by atoms with Gasteiger partial charge < -0.3 is 30.7 Å². The second-order valence-electron chi connectivity index (χ2n) is 9.47. The lowest BCUT2D eigenvalue weighted by Gasteiger charge is -2.30. The van der Waals surface area contributed by atoms with Crippen LogP contribution in [0.3, 0.4) is 0 Å². The second-order valence-corrected chi connectivity index (χ2v) is 11.1. The maximum Gasteiger partial charge on any atom is 0.475 e. The average Bonchev–Trinajstić information content (AvgIpc) is 3.51. The Hall–Kier alpha value is -4.79. The van der Waals surface area contributed by atoms with Gasteiger partial charge in [0.25, 0.3) is 17.2 Å². The molecule has 2 aromatic heterocycles. The number of ether oxygens (including phenoxy) is 1. The van der Waals surface area contributed by atoms with Gasteiger partial charge in [0, 0.05) is 11.6 Å². The van der Waals surface area contributed by atoms with Crippen LogP contribution in [0.4, 0.5) is 11.6 Å². The maximum absolute atomic E-state index is 13.3. The van der Waals surface area contributed by atoms with E-state index in [4.69, 9.17) is 34.3 Å². The van der Waals surface area contributed by atoms with Gasteiger partial charge in [0.1, 0.15) is 31.4 Å². The number of nitro groups is 1. The van der Waals surface area contributed by atoms with Crippen LogP contribution in [0.2, 0.25) is 0 Å². The number of phosphoric ester groups is 1. The average molecular weight is 639 g/mol. The Morgan fingerprint density at radius 1 is 1.27 bits per heavy atom. The summed E-state index contributed by atoms with van der Waals surface area (Å²) in [5.41, 5.74) is 3.62. The first-order valence-electron chi connectivity index (χ1n) is 12.4. The van der Waals surface area contributed by atoms with Crippen LogP contribution in [0.15, 0.2) is 29.3 Å². The number of amides is 1. The summed E-state index contributed by atoms with van der Waals surface area (Å²) in [7, 11) is -4.47. The molecule has 5 atom stereocenters. The molecule has 21 nitrogen and oxygen atoms in total. The van der Waals surface area contributed by atoms with Crippen LogP contribution in [0.25, 0.3) is 11.2 Å². The third-order valence-corrected chi connectivity index (χ3v) is 7.94. The molecule has 0 bridgehead atoms. The molecule has 0 saturated carbocycles. The summed E-state index contributed by atoms with van der Waals surface area (Å²) in [5, 5.41) is 40.7. The molecule has 22 heteroatoms. The van der Waals surface area contributed by atoms with E-state index in [0.717, 1.165) is 18.2 Å². The molecular formula is C22H22N7O14P. The maximum atomic E-state index is 13.3. The first-order valence-corrected chi connectivity index (χ1v) is 13.9. The van der Waals surface area contributed by atoms with Crippen molar-refractivity contribution >= 4 is 48.5 Å². The summed E-state index contributed by atoms with van der Waals surface area (Å²) >= 11 is 0. The zero-order chi connectivity index (χ0) is 31.9. The summed E-state index contributed by atoms with van der Waals surface area (Å²) in [6.07, 6.45) is -3.77. The number of carbonyl (C=O) groups is 3. The van der Waals surface area contributed by atoms with Crippen LogP contribution >= 0.6 is 7.82 Å². The Bertz CT molecular complexity index is 1760.